The Balaban J connectivity index is 1.91. The Hall–Kier alpha value is -0.750. The van der Waals surface area contributed by atoms with Crippen LogP contribution >= 0.6 is 0 Å². The molecule has 0 aromatic heterocycles. The van der Waals surface area contributed by atoms with Crippen LogP contribution < -0.4 is 11.1 Å². The lowest BCUT2D eigenvalue weighted by Gasteiger charge is -2.52. The number of nitrogens with two attached hydrogens (primary N) is 1. The van der Waals surface area contributed by atoms with Gasteiger partial charge in [0.15, 0.2) is 0 Å². The minimum absolute atomic E-state index is 0.170. The zero-order valence-electron chi connectivity index (χ0n) is 8.16. The first-order valence-electron chi connectivity index (χ1n) is 5.07. The fourth-order valence-corrected chi connectivity index (χ4v) is 2.35. The van der Waals surface area contributed by atoms with Crippen LogP contribution in [0.2, 0.25) is 0 Å². The summed E-state index contributed by atoms with van der Waals surface area (Å²) >= 11 is 0. The van der Waals surface area contributed by atoms with Gasteiger partial charge in [-0.15, -0.1) is 0 Å². The van der Waals surface area contributed by atoms with Crippen molar-refractivity contribution in [2.24, 2.45) is 11.7 Å². The first-order chi connectivity index (χ1) is 7.11. The van der Waals surface area contributed by atoms with Crippen molar-refractivity contribution < 1.29 is 18.3 Å². The second-order valence-corrected chi connectivity index (χ2v) is 4.05. The fraction of sp³-hybridized carbons (Fsp3) is 0.889. The number of carbonyl (C=O) groups is 1. The molecule has 1 amide bonds. The van der Waals surface area contributed by atoms with Gasteiger partial charge in [0.2, 0.25) is 0 Å². The molecule has 4 nitrogen and oxygen atoms in total. The molecule has 1 saturated heterocycles. The number of alkyl halides is 2. The first-order valence-corrected chi connectivity index (χ1v) is 5.07. The minimum atomic E-state index is -2.99. The first kappa shape index (κ1) is 10.8. The van der Waals surface area contributed by atoms with Gasteiger partial charge in [0, 0.05) is 18.6 Å². The van der Waals surface area contributed by atoms with Crippen molar-refractivity contribution in [3.63, 3.8) is 0 Å². The molecule has 1 heterocycles. The molecule has 4 atom stereocenters. The number of hydrogen-bond donors (Lipinski definition) is 2. The van der Waals surface area contributed by atoms with Gasteiger partial charge in [-0.1, -0.05) is 0 Å². The van der Waals surface area contributed by atoms with Crippen LogP contribution in [-0.4, -0.2) is 37.1 Å². The van der Waals surface area contributed by atoms with E-state index in [0.717, 1.165) is 12.8 Å². The lowest BCUT2D eigenvalue weighted by molar-refractivity contribution is -0.147. The molecule has 4 unspecified atom stereocenters. The molecular formula is C9H14F2N2O2. The molecule has 15 heavy (non-hydrogen) atoms. The summed E-state index contributed by atoms with van der Waals surface area (Å²) < 4.78 is 29.4. The molecular weight excluding hydrogens is 206 g/mol. The predicted octanol–water partition coefficient (Wildman–Crippen LogP) is -0.128. The summed E-state index contributed by atoms with van der Waals surface area (Å²) in [6.45, 7) is 0.620. The van der Waals surface area contributed by atoms with E-state index in [-0.39, 0.29) is 18.1 Å². The van der Waals surface area contributed by atoms with E-state index in [9.17, 15) is 13.6 Å². The lowest BCUT2D eigenvalue weighted by Crippen LogP contribution is -2.72. The van der Waals surface area contributed by atoms with Gasteiger partial charge in [0.25, 0.3) is 5.91 Å². The van der Waals surface area contributed by atoms with Crippen molar-refractivity contribution in [1.29, 1.82) is 0 Å². The third-order valence-corrected chi connectivity index (χ3v) is 3.18. The van der Waals surface area contributed by atoms with Crippen molar-refractivity contribution in [3.8, 4) is 0 Å². The zero-order valence-corrected chi connectivity index (χ0v) is 8.16. The average molecular weight is 220 g/mol. The maximum atomic E-state index is 12.0. The zero-order chi connectivity index (χ0) is 11.0. The van der Waals surface area contributed by atoms with Crippen LogP contribution in [0, 0.1) is 5.92 Å². The highest BCUT2D eigenvalue weighted by Gasteiger charge is 2.51. The van der Waals surface area contributed by atoms with Gasteiger partial charge in [-0.05, 0) is 12.8 Å². The number of fused-ring (bicyclic) bond motifs is 1. The smallest absolute Gasteiger partial charge is 0.315 e. The molecule has 0 aromatic rings. The van der Waals surface area contributed by atoms with Crippen LogP contribution in [0.4, 0.5) is 8.78 Å². The van der Waals surface area contributed by atoms with Crippen LogP contribution in [0.25, 0.3) is 0 Å². The normalized spacial score (nSPS) is 39.5. The highest BCUT2D eigenvalue weighted by Crippen LogP contribution is 2.36. The van der Waals surface area contributed by atoms with E-state index in [1.54, 1.807) is 0 Å². The number of ether oxygens (including phenoxy) is 1. The Kier molecular flexibility index (Phi) is 2.88. The Morgan fingerprint density at radius 3 is 2.93 bits per heavy atom. The average Bonchev–Trinajstić information content (AvgIpc) is 2.24. The SMILES string of the molecule is NC1C2CCCOC2C1NC(=O)C(F)F. The molecule has 0 bridgehead atoms. The van der Waals surface area contributed by atoms with Gasteiger partial charge in [-0.2, -0.15) is 8.78 Å². The fourth-order valence-electron chi connectivity index (χ4n) is 2.35. The molecule has 1 aliphatic heterocycles. The Morgan fingerprint density at radius 2 is 2.27 bits per heavy atom. The predicted molar refractivity (Wildman–Crippen MR) is 48.4 cm³/mol. The summed E-state index contributed by atoms with van der Waals surface area (Å²) in [6, 6.07) is -0.699. The minimum Gasteiger partial charge on any atom is -0.376 e. The van der Waals surface area contributed by atoms with Gasteiger partial charge in [0.05, 0.1) is 12.1 Å². The molecule has 86 valence electrons. The number of hydrogen-bond acceptors (Lipinski definition) is 3. The van der Waals surface area contributed by atoms with E-state index >= 15 is 0 Å². The number of carbonyl (C=O) groups excluding carboxylic acids is 1. The van der Waals surface area contributed by atoms with Crippen molar-refractivity contribution in [2.75, 3.05) is 6.61 Å². The third kappa shape index (κ3) is 1.83. The van der Waals surface area contributed by atoms with E-state index in [0.29, 0.717) is 6.61 Å². The highest BCUT2D eigenvalue weighted by atomic mass is 19.3. The van der Waals surface area contributed by atoms with Crippen LogP contribution in [0.3, 0.4) is 0 Å². The topological polar surface area (TPSA) is 64.3 Å². The van der Waals surface area contributed by atoms with E-state index in [2.05, 4.69) is 5.32 Å². The second kappa shape index (κ2) is 4.02. The van der Waals surface area contributed by atoms with Crippen molar-refractivity contribution in [2.45, 2.75) is 37.5 Å². The monoisotopic (exact) mass is 220 g/mol. The van der Waals surface area contributed by atoms with Crippen LogP contribution in [-0.2, 0) is 9.53 Å². The summed E-state index contributed by atoms with van der Waals surface area (Å²) in [7, 11) is 0. The Labute approximate surface area is 86.1 Å². The van der Waals surface area contributed by atoms with E-state index in [1.807, 2.05) is 0 Å². The van der Waals surface area contributed by atoms with Gasteiger partial charge < -0.3 is 15.8 Å². The molecule has 6 heteroatoms. The Bertz CT molecular complexity index is 262. The van der Waals surface area contributed by atoms with Crippen LogP contribution in [0.1, 0.15) is 12.8 Å². The molecule has 1 saturated carbocycles. The molecule has 2 fully saturated rings. The summed E-state index contributed by atoms with van der Waals surface area (Å²) in [6.07, 6.45) is -1.26. The van der Waals surface area contributed by atoms with E-state index in [4.69, 9.17) is 10.5 Å². The maximum Gasteiger partial charge on any atom is 0.315 e. The number of halogens is 2. The van der Waals surface area contributed by atoms with Gasteiger partial charge in [0.1, 0.15) is 0 Å². The van der Waals surface area contributed by atoms with E-state index in [1.165, 1.54) is 0 Å². The molecule has 3 N–H and O–H groups in total. The highest BCUT2D eigenvalue weighted by molar-refractivity contribution is 5.79. The summed E-state index contributed by atoms with van der Waals surface area (Å²) in [4.78, 5) is 10.8. The summed E-state index contributed by atoms with van der Waals surface area (Å²) in [5.74, 6) is -1.05. The molecule has 0 aromatic carbocycles. The van der Waals surface area contributed by atoms with Gasteiger partial charge in [-0.3, -0.25) is 4.79 Å². The maximum absolute atomic E-state index is 12.0. The summed E-state index contributed by atoms with van der Waals surface area (Å²) in [5, 5.41) is 2.23. The van der Waals surface area contributed by atoms with Crippen LogP contribution in [0.5, 0.6) is 0 Å². The lowest BCUT2D eigenvalue weighted by atomic mass is 9.68. The van der Waals surface area contributed by atoms with Crippen molar-refractivity contribution in [1.82, 2.24) is 5.32 Å². The number of nitrogens with one attached hydrogen (secondary N) is 1. The van der Waals surface area contributed by atoms with Crippen molar-refractivity contribution >= 4 is 5.91 Å². The molecule has 2 rings (SSSR count). The van der Waals surface area contributed by atoms with E-state index < -0.39 is 18.4 Å². The molecule has 0 spiro atoms. The largest absolute Gasteiger partial charge is 0.376 e. The van der Waals surface area contributed by atoms with Gasteiger partial charge >= 0.3 is 6.43 Å². The number of amides is 1. The van der Waals surface area contributed by atoms with Crippen LogP contribution in [0.15, 0.2) is 0 Å². The standard InChI is InChI=1S/C9H14F2N2O2/c10-8(11)9(14)13-6-5(12)4-2-1-3-15-7(4)6/h4-8H,1-3,12H2,(H,13,14). The quantitative estimate of drug-likeness (QED) is 0.681. The van der Waals surface area contributed by atoms with Crippen molar-refractivity contribution in [3.05, 3.63) is 0 Å². The molecule has 2 aliphatic rings. The second-order valence-electron chi connectivity index (χ2n) is 4.05. The third-order valence-electron chi connectivity index (χ3n) is 3.18. The summed E-state index contributed by atoms with van der Waals surface area (Å²) in [5.41, 5.74) is 5.79. The molecule has 0 radical (unpaired) electrons. The number of rotatable bonds is 2. The Morgan fingerprint density at radius 1 is 1.53 bits per heavy atom. The van der Waals surface area contributed by atoms with Gasteiger partial charge in [-0.25, -0.2) is 0 Å². The molecule has 1 aliphatic carbocycles.